The molecule has 7 N–H and O–H groups in total. The number of nitrogens with one attached hydrogen (secondary N) is 3. The number of urea groups is 1. The van der Waals surface area contributed by atoms with Crippen LogP contribution >= 0.6 is 0 Å². The molecule has 0 heterocycles. The van der Waals surface area contributed by atoms with Gasteiger partial charge < -0.3 is 37.1 Å². The molecule has 0 bridgehead atoms. The van der Waals surface area contributed by atoms with Gasteiger partial charge in [0, 0.05) is 37.9 Å². The molecule has 0 radical (unpaired) electrons. The molecule has 1 aromatic rings. The molecule has 12 nitrogen and oxygen atoms in total. The van der Waals surface area contributed by atoms with E-state index < -0.39 is 36.0 Å². The highest BCUT2D eigenvalue weighted by Crippen LogP contribution is 2.13. The highest BCUT2D eigenvalue weighted by molar-refractivity contribution is 5.97. The molecule has 0 aromatic heterocycles. The second kappa shape index (κ2) is 15.9. The molecule has 0 aliphatic carbocycles. The van der Waals surface area contributed by atoms with Gasteiger partial charge in [-0.15, -0.1) is 0 Å². The van der Waals surface area contributed by atoms with Crippen molar-refractivity contribution in [2.24, 2.45) is 17.4 Å². The fraction of sp³-hybridized carbons (Fsp3) is 0.630. The zero-order valence-electron chi connectivity index (χ0n) is 24.4. The van der Waals surface area contributed by atoms with E-state index in [0.717, 1.165) is 12.1 Å². The molecule has 0 spiro atoms. The molecule has 0 saturated heterocycles. The van der Waals surface area contributed by atoms with Crippen molar-refractivity contribution in [1.29, 1.82) is 0 Å². The molecular weight excluding hydrogens is 502 g/mol. The van der Waals surface area contributed by atoms with Crippen molar-refractivity contribution in [2.45, 2.75) is 71.7 Å². The van der Waals surface area contributed by atoms with Crippen LogP contribution in [0.25, 0.3) is 0 Å². The lowest BCUT2D eigenvalue weighted by Crippen LogP contribution is -2.51. The van der Waals surface area contributed by atoms with Crippen LogP contribution in [0.2, 0.25) is 0 Å². The second-order valence-corrected chi connectivity index (χ2v) is 11.0. The standard InChI is InChI=1S/C27H47N7O5/c1-18(2)22(28)24(36)32-21(9-8-14-30-25(29)37)23(35)31-20-12-10-19(11-13-20)17-39-26(38)33(6)15-16-34(7)27(3,4)5/h10-13,18,21-22H,8-9,14-17,28H2,1-7H3,(H,31,35)(H,32,36)(H3,29,30,37). The molecule has 39 heavy (non-hydrogen) atoms. The minimum Gasteiger partial charge on any atom is -0.445 e. The number of carbonyl (C=O) groups is 4. The normalized spacial score (nSPS) is 13.0. The molecule has 5 amide bonds. The first kappa shape index (κ1) is 33.6. The molecule has 0 saturated carbocycles. The third kappa shape index (κ3) is 12.8. The van der Waals surface area contributed by atoms with Crippen LogP contribution in [0.5, 0.6) is 0 Å². The van der Waals surface area contributed by atoms with Gasteiger partial charge in [-0.2, -0.15) is 0 Å². The van der Waals surface area contributed by atoms with Gasteiger partial charge in [0.2, 0.25) is 11.8 Å². The number of nitrogens with zero attached hydrogens (tertiary/aromatic N) is 2. The van der Waals surface area contributed by atoms with Crippen LogP contribution in [0.15, 0.2) is 24.3 Å². The SMILES string of the molecule is CC(C)C(N)C(=O)NC(CCCNC(N)=O)C(=O)Nc1ccc(COC(=O)N(C)CCN(C)C(C)(C)C)cc1. The van der Waals surface area contributed by atoms with Crippen LogP contribution in [0.3, 0.4) is 0 Å². The van der Waals surface area contributed by atoms with Gasteiger partial charge in [0.05, 0.1) is 6.04 Å². The third-order valence-corrected chi connectivity index (χ3v) is 6.43. The summed E-state index contributed by atoms with van der Waals surface area (Å²) in [7, 11) is 3.71. The number of amides is 5. The summed E-state index contributed by atoms with van der Waals surface area (Å²) in [6, 6.07) is 4.60. The van der Waals surface area contributed by atoms with Crippen LogP contribution in [0.4, 0.5) is 15.3 Å². The van der Waals surface area contributed by atoms with Gasteiger partial charge in [0.1, 0.15) is 12.6 Å². The van der Waals surface area contributed by atoms with Gasteiger partial charge in [-0.05, 0) is 64.3 Å². The van der Waals surface area contributed by atoms with Crippen molar-refractivity contribution < 1.29 is 23.9 Å². The molecule has 0 aliphatic heterocycles. The van der Waals surface area contributed by atoms with Crippen molar-refractivity contribution in [2.75, 3.05) is 39.0 Å². The first-order chi connectivity index (χ1) is 18.1. The summed E-state index contributed by atoms with van der Waals surface area (Å²) >= 11 is 0. The number of hydrogen-bond donors (Lipinski definition) is 5. The van der Waals surface area contributed by atoms with Crippen molar-refractivity contribution >= 4 is 29.6 Å². The predicted molar refractivity (Wildman–Crippen MR) is 152 cm³/mol. The third-order valence-electron chi connectivity index (χ3n) is 6.43. The summed E-state index contributed by atoms with van der Waals surface area (Å²) in [6.07, 6.45) is 0.276. The van der Waals surface area contributed by atoms with Crippen molar-refractivity contribution in [1.82, 2.24) is 20.4 Å². The van der Waals surface area contributed by atoms with Gasteiger partial charge in [-0.3, -0.25) is 14.5 Å². The lowest BCUT2D eigenvalue weighted by molar-refractivity contribution is -0.128. The van der Waals surface area contributed by atoms with E-state index in [9.17, 15) is 19.2 Å². The van der Waals surface area contributed by atoms with Crippen LogP contribution in [0.1, 0.15) is 53.0 Å². The van der Waals surface area contributed by atoms with Gasteiger partial charge >= 0.3 is 12.1 Å². The summed E-state index contributed by atoms with van der Waals surface area (Å²) in [5, 5.41) is 7.95. The number of anilines is 1. The summed E-state index contributed by atoms with van der Waals surface area (Å²) in [5.74, 6) is -0.948. The molecule has 2 atom stereocenters. The monoisotopic (exact) mass is 549 g/mol. The van der Waals surface area contributed by atoms with E-state index in [1.807, 2.05) is 20.9 Å². The molecule has 1 aromatic carbocycles. The Morgan fingerprint density at radius 3 is 2.15 bits per heavy atom. The van der Waals surface area contributed by atoms with E-state index in [0.29, 0.717) is 18.7 Å². The Kier molecular flexibility index (Phi) is 13.7. The predicted octanol–water partition coefficient (Wildman–Crippen LogP) is 1.84. The van der Waals surface area contributed by atoms with Crippen LogP contribution in [-0.4, -0.2) is 85.1 Å². The van der Waals surface area contributed by atoms with E-state index in [4.69, 9.17) is 16.2 Å². The van der Waals surface area contributed by atoms with Crippen LogP contribution in [-0.2, 0) is 20.9 Å². The van der Waals surface area contributed by atoms with Gasteiger partial charge in [0.15, 0.2) is 0 Å². The van der Waals surface area contributed by atoms with Crippen LogP contribution < -0.4 is 27.4 Å². The molecule has 1 rings (SSSR count). The Labute approximate surface area is 232 Å². The molecule has 220 valence electrons. The first-order valence-corrected chi connectivity index (χ1v) is 13.2. The maximum Gasteiger partial charge on any atom is 0.409 e. The molecule has 12 heteroatoms. The van der Waals surface area contributed by atoms with Crippen molar-refractivity contribution in [3.8, 4) is 0 Å². The van der Waals surface area contributed by atoms with Gasteiger partial charge in [0.25, 0.3) is 0 Å². The largest absolute Gasteiger partial charge is 0.445 e. The minimum absolute atomic E-state index is 0.0105. The van der Waals surface area contributed by atoms with E-state index in [1.54, 1.807) is 31.3 Å². The summed E-state index contributed by atoms with van der Waals surface area (Å²) in [4.78, 5) is 52.4. The Morgan fingerprint density at radius 1 is 1.00 bits per heavy atom. The number of nitrogens with two attached hydrogens (primary N) is 2. The fourth-order valence-electron chi connectivity index (χ4n) is 3.25. The zero-order chi connectivity index (χ0) is 29.8. The summed E-state index contributed by atoms with van der Waals surface area (Å²) < 4.78 is 5.41. The number of ether oxygens (including phenoxy) is 1. The summed E-state index contributed by atoms with van der Waals surface area (Å²) in [6.45, 7) is 11.6. The summed E-state index contributed by atoms with van der Waals surface area (Å²) in [5.41, 5.74) is 12.3. The average molecular weight is 550 g/mol. The topological polar surface area (TPSA) is 172 Å². The number of primary amides is 1. The molecule has 0 aliphatic rings. The highest BCUT2D eigenvalue weighted by atomic mass is 16.6. The Morgan fingerprint density at radius 2 is 1.62 bits per heavy atom. The van der Waals surface area contributed by atoms with Gasteiger partial charge in [-0.1, -0.05) is 26.0 Å². The molecule has 2 unspecified atom stereocenters. The Hall–Kier alpha value is -3.38. The lowest BCUT2D eigenvalue weighted by Gasteiger charge is -2.33. The average Bonchev–Trinajstić information content (AvgIpc) is 2.86. The fourth-order valence-corrected chi connectivity index (χ4v) is 3.25. The smallest absolute Gasteiger partial charge is 0.409 e. The quantitative estimate of drug-likeness (QED) is 0.220. The van der Waals surface area contributed by atoms with Crippen molar-refractivity contribution in [3.63, 3.8) is 0 Å². The number of likely N-dealkylation sites (N-methyl/N-ethyl adjacent to an activating group) is 2. The van der Waals surface area contributed by atoms with E-state index in [1.165, 1.54) is 4.90 Å². The number of benzene rings is 1. The molecular formula is C27H47N7O5. The van der Waals surface area contributed by atoms with E-state index in [2.05, 4.69) is 41.6 Å². The number of hydrogen-bond acceptors (Lipinski definition) is 7. The lowest BCUT2D eigenvalue weighted by atomic mass is 10.0. The van der Waals surface area contributed by atoms with E-state index in [-0.39, 0.29) is 31.0 Å². The van der Waals surface area contributed by atoms with E-state index >= 15 is 0 Å². The van der Waals surface area contributed by atoms with Crippen LogP contribution in [0, 0.1) is 5.92 Å². The maximum atomic E-state index is 13.0. The highest BCUT2D eigenvalue weighted by Gasteiger charge is 2.25. The zero-order valence-corrected chi connectivity index (χ0v) is 24.4. The second-order valence-electron chi connectivity index (χ2n) is 11.0. The minimum atomic E-state index is -0.856. The Balaban J connectivity index is 2.68. The maximum absolute atomic E-state index is 13.0. The number of carbonyl (C=O) groups excluding carboxylic acids is 4. The van der Waals surface area contributed by atoms with Gasteiger partial charge in [-0.25, -0.2) is 9.59 Å². The first-order valence-electron chi connectivity index (χ1n) is 13.2. The Bertz CT molecular complexity index is 947. The number of rotatable bonds is 14. The van der Waals surface area contributed by atoms with Crippen molar-refractivity contribution in [3.05, 3.63) is 29.8 Å². The molecule has 0 fully saturated rings.